The highest BCUT2D eigenvalue weighted by molar-refractivity contribution is 5.92. The van der Waals surface area contributed by atoms with E-state index in [2.05, 4.69) is 6.92 Å². The molecular formula is C18H29N3O4. The van der Waals surface area contributed by atoms with E-state index in [0.717, 1.165) is 19.5 Å². The monoisotopic (exact) mass is 351 g/mol. The Kier molecular flexibility index (Phi) is 5.49. The average Bonchev–Trinajstić information content (AvgIpc) is 3.41. The van der Waals surface area contributed by atoms with Gasteiger partial charge in [-0.25, -0.2) is 4.79 Å². The van der Waals surface area contributed by atoms with Gasteiger partial charge in [-0.15, -0.1) is 0 Å². The molecule has 0 aromatic carbocycles. The lowest BCUT2D eigenvalue weighted by molar-refractivity contribution is -0.139. The highest BCUT2D eigenvalue weighted by atomic mass is 16.6. The minimum Gasteiger partial charge on any atom is -0.450 e. The van der Waals surface area contributed by atoms with Crippen molar-refractivity contribution in [3.63, 3.8) is 0 Å². The van der Waals surface area contributed by atoms with Crippen LogP contribution in [0.3, 0.4) is 0 Å². The molecule has 140 valence electrons. The van der Waals surface area contributed by atoms with Gasteiger partial charge in [-0.3, -0.25) is 9.59 Å². The van der Waals surface area contributed by atoms with Crippen molar-refractivity contribution in [1.29, 1.82) is 0 Å². The smallest absolute Gasteiger partial charge is 0.409 e. The van der Waals surface area contributed by atoms with Gasteiger partial charge in [0, 0.05) is 39.3 Å². The second-order valence-electron chi connectivity index (χ2n) is 7.49. The SMILES string of the molecule is CCOC(=O)N1CCN(C(=O)C2CC2C(=O)N2CCCC(C)C2)CC1. The third-order valence-corrected chi connectivity index (χ3v) is 5.51. The van der Waals surface area contributed by atoms with Crippen LogP contribution in [-0.2, 0) is 14.3 Å². The number of amides is 3. The summed E-state index contributed by atoms with van der Waals surface area (Å²) < 4.78 is 4.99. The zero-order chi connectivity index (χ0) is 18.0. The minimum absolute atomic E-state index is 0.0758. The van der Waals surface area contributed by atoms with Gasteiger partial charge in [0.1, 0.15) is 0 Å². The number of nitrogens with zero attached hydrogens (tertiary/aromatic N) is 3. The molecule has 0 spiro atoms. The van der Waals surface area contributed by atoms with Crippen LogP contribution in [0.15, 0.2) is 0 Å². The molecule has 7 nitrogen and oxygen atoms in total. The topological polar surface area (TPSA) is 70.2 Å². The molecule has 2 aliphatic heterocycles. The molecule has 7 heteroatoms. The third-order valence-electron chi connectivity index (χ3n) is 5.51. The second kappa shape index (κ2) is 7.62. The van der Waals surface area contributed by atoms with E-state index in [-0.39, 0.29) is 29.7 Å². The summed E-state index contributed by atoms with van der Waals surface area (Å²) in [6, 6.07) is 0. The highest BCUT2D eigenvalue weighted by Crippen LogP contribution is 2.42. The Morgan fingerprint density at radius 2 is 1.52 bits per heavy atom. The van der Waals surface area contributed by atoms with Crippen LogP contribution in [0.4, 0.5) is 4.79 Å². The molecule has 2 saturated heterocycles. The van der Waals surface area contributed by atoms with Crippen LogP contribution in [0.1, 0.15) is 33.1 Å². The van der Waals surface area contributed by atoms with Gasteiger partial charge < -0.3 is 19.4 Å². The molecular weight excluding hydrogens is 322 g/mol. The summed E-state index contributed by atoms with van der Waals surface area (Å²) in [7, 11) is 0. The van der Waals surface area contributed by atoms with Gasteiger partial charge in [0.05, 0.1) is 18.4 Å². The van der Waals surface area contributed by atoms with Crippen molar-refractivity contribution < 1.29 is 19.1 Å². The van der Waals surface area contributed by atoms with E-state index < -0.39 is 0 Å². The van der Waals surface area contributed by atoms with Crippen molar-refractivity contribution in [2.24, 2.45) is 17.8 Å². The molecule has 0 bridgehead atoms. The number of rotatable bonds is 3. The maximum atomic E-state index is 12.6. The second-order valence-corrected chi connectivity index (χ2v) is 7.49. The fourth-order valence-corrected chi connectivity index (χ4v) is 3.92. The predicted octanol–water partition coefficient (Wildman–Crippen LogP) is 1.18. The maximum absolute atomic E-state index is 12.6. The number of carbonyl (C=O) groups excluding carboxylic acids is 3. The molecule has 3 aliphatic rings. The standard InChI is InChI=1S/C18H29N3O4/c1-3-25-18(24)20-9-7-19(8-10-20)16(22)14-11-15(14)17(23)21-6-4-5-13(2)12-21/h13-15H,3-12H2,1-2H3. The molecule has 2 heterocycles. The van der Waals surface area contributed by atoms with E-state index in [1.165, 1.54) is 6.42 Å². The number of piperazine rings is 1. The lowest BCUT2D eigenvalue weighted by Crippen LogP contribution is -2.51. The van der Waals surface area contributed by atoms with Crippen molar-refractivity contribution in [2.75, 3.05) is 45.9 Å². The normalized spacial score (nSPS) is 29.4. The van der Waals surface area contributed by atoms with Crippen LogP contribution in [-0.4, -0.2) is 78.5 Å². The van der Waals surface area contributed by atoms with Gasteiger partial charge in [0.25, 0.3) is 0 Å². The predicted molar refractivity (Wildman–Crippen MR) is 91.8 cm³/mol. The fourth-order valence-electron chi connectivity index (χ4n) is 3.92. The maximum Gasteiger partial charge on any atom is 0.409 e. The Hall–Kier alpha value is -1.79. The lowest BCUT2D eigenvalue weighted by Gasteiger charge is -2.34. The molecule has 3 rings (SSSR count). The fraction of sp³-hybridized carbons (Fsp3) is 0.833. The first-order valence-electron chi connectivity index (χ1n) is 9.50. The molecule has 0 aromatic heterocycles. The Balaban J connectivity index is 1.46. The average molecular weight is 351 g/mol. The van der Waals surface area contributed by atoms with Crippen LogP contribution in [0.5, 0.6) is 0 Å². The Morgan fingerprint density at radius 1 is 0.920 bits per heavy atom. The Bertz CT molecular complexity index is 530. The number of carbonyl (C=O) groups is 3. The zero-order valence-corrected chi connectivity index (χ0v) is 15.3. The Labute approximate surface area is 149 Å². The third kappa shape index (κ3) is 4.07. The van der Waals surface area contributed by atoms with E-state index in [1.54, 1.807) is 16.7 Å². The summed E-state index contributed by atoms with van der Waals surface area (Å²) >= 11 is 0. The van der Waals surface area contributed by atoms with E-state index in [0.29, 0.717) is 45.1 Å². The largest absolute Gasteiger partial charge is 0.450 e. The van der Waals surface area contributed by atoms with Crippen LogP contribution in [0.25, 0.3) is 0 Å². The van der Waals surface area contributed by atoms with Gasteiger partial charge >= 0.3 is 6.09 Å². The number of ether oxygens (including phenoxy) is 1. The molecule has 3 unspecified atom stereocenters. The number of hydrogen-bond acceptors (Lipinski definition) is 4. The van der Waals surface area contributed by atoms with E-state index >= 15 is 0 Å². The first-order valence-corrected chi connectivity index (χ1v) is 9.50. The summed E-state index contributed by atoms with van der Waals surface area (Å²) in [6.45, 7) is 8.03. The molecule has 0 radical (unpaired) electrons. The van der Waals surface area contributed by atoms with Crippen LogP contribution in [0, 0.1) is 17.8 Å². The summed E-state index contributed by atoms with van der Waals surface area (Å²) in [5, 5.41) is 0. The summed E-state index contributed by atoms with van der Waals surface area (Å²) in [5.41, 5.74) is 0. The van der Waals surface area contributed by atoms with E-state index in [4.69, 9.17) is 4.74 Å². The summed E-state index contributed by atoms with van der Waals surface area (Å²) in [5.74, 6) is 0.517. The number of likely N-dealkylation sites (tertiary alicyclic amines) is 1. The van der Waals surface area contributed by atoms with Gasteiger partial charge in [-0.1, -0.05) is 6.92 Å². The molecule has 3 atom stereocenters. The van der Waals surface area contributed by atoms with Gasteiger partial charge in [0.2, 0.25) is 11.8 Å². The van der Waals surface area contributed by atoms with Crippen LogP contribution < -0.4 is 0 Å². The molecule has 0 N–H and O–H groups in total. The zero-order valence-electron chi connectivity index (χ0n) is 15.3. The summed E-state index contributed by atoms with van der Waals surface area (Å²) in [4.78, 5) is 42.3. The number of hydrogen-bond donors (Lipinski definition) is 0. The molecule has 3 amide bonds. The van der Waals surface area contributed by atoms with Crippen molar-refractivity contribution >= 4 is 17.9 Å². The van der Waals surface area contributed by atoms with Crippen molar-refractivity contribution in [1.82, 2.24) is 14.7 Å². The van der Waals surface area contributed by atoms with Crippen molar-refractivity contribution in [3.8, 4) is 0 Å². The van der Waals surface area contributed by atoms with Gasteiger partial charge in [-0.2, -0.15) is 0 Å². The molecule has 0 aromatic rings. The lowest BCUT2D eigenvalue weighted by atomic mass is 10.00. The van der Waals surface area contributed by atoms with Gasteiger partial charge in [0.15, 0.2) is 0 Å². The molecule has 3 fully saturated rings. The highest BCUT2D eigenvalue weighted by Gasteiger charge is 2.51. The first-order chi connectivity index (χ1) is 12.0. The molecule has 25 heavy (non-hydrogen) atoms. The quantitative estimate of drug-likeness (QED) is 0.766. The van der Waals surface area contributed by atoms with Crippen molar-refractivity contribution in [3.05, 3.63) is 0 Å². The number of piperidine rings is 1. The molecule has 1 saturated carbocycles. The van der Waals surface area contributed by atoms with E-state index in [1.807, 2.05) is 4.90 Å². The van der Waals surface area contributed by atoms with Gasteiger partial charge in [-0.05, 0) is 32.1 Å². The van der Waals surface area contributed by atoms with Crippen LogP contribution in [0.2, 0.25) is 0 Å². The van der Waals surface area contributed by atoms with E-state index in [9.17, 15) is 14.4 Å². The van der Waals surface area contributed by atoms with Crippen molar-refractivity contribution in [2.45, 2.75) is 33.1 Å². The molecule has 1 aliphatic carbocycles. The van der Waals surface area contributed by atoms with Crippen LogP contribution >= 0.6 is 0 Å². The summed E-state index contributed by atoms with van der Waals surface area (Å²) in [6.07, 6.45) is 2.62. The minimum atomic E-state index is -0.312. The Morgan fingerprint density at radius 3 is 2.12 bits per heavy atom. The first kappa shape index (κ1) is 18.0.